The molecule has 4 aromatic rings. The summed E-state index contributed by atoms with van der Waals surface area (Å²) in [6.07, 6.45) is -5.06. The molecule has 1 aliphatic heterocycles. The van der Waals surface area contributed by atoms with Gasteiger partial charge in [0.15, 0.2) is 5.75 Å². The number of carbonyl (C=O) groups excluding carboxylic acids is 2. The number of halogens is 3. The van der Waals surface area contributed by atoms with Gasteiger partial charge in [-0.25, -0.2) is 0 Å². The van der Waals surface area contributed by atoms with Gasteiger partial charge >= 0.3 is 6.18 Å². The second-order valence-corrected chi connectivity index (χ2v) is 13.9. The van der Waals surface area contributed by atoms with Gasteiger partial charge in [0, 0.05) is 44.0 Å². The molecule has 2 amide bonds. The van der Waals surface area contributed by atoms with Crippen LogP contribution in [0.1, 0.15) is 52.0 Å². The van der Waals surface area contributed by atoms with Gasteiger partial charge in [0.2, 0.25) is 5.91 Å². The van der Waals surface area contributed by atoms with Crippen molar-refractivity contribution in [2.24, 2.45) is 5.92 Å². The molecule has 8 nitrogen and oxygen atoms in total. The fourth-order valence-electron chi connectivity index (χ4n) is 6.48. The van der Waals surface area contributed by atoms with Crippen LogP contribution in [0, 0.1) is 19.8 Å². The van der Waals surface area contributed by atoms with E-state index in [0.717, 1.165) is 29.1 Å². The van der Waals surface area contributed by atoms with Crippen molar-refractivity contribution in [3.05, 3.63) is 118 Å². The Bertz CT molecular complexity index is 1860. The maximum absolute atomic E-state index is 13.9. The van der Waals surface area contributed by atoms with Gasteiger partial charge in [-0.3, -0.25) is 14.5 Å². The molecule has 2 N–H and O–H groups in total. The monoisotopic (exact) mass is 716 g/mol. The summed E-state index contributed by atoms with van der Waals surface area (Å²) in [5, 5.41) is 12.9. The Hall–Kier alpha value is -4.87. The highest BCUT2D eigenvalue weighted by Crippen LogP contribution is 2.36. The minimum absolute atomic E-state index is 0.155. The number of hydrogen-bond acceptors (Lipinski definition) is 6. The fraction of sp³-hybridized carbons (Fsp3) is 0.366. The number of aliphatic hydroxyl groups excluding tert-OH is 1. The zero-order valence-electron chi connectivity index (χ0n) is 30.5. The Labute approximate surface area is 303 Å². The third kappa shape index (κ3) is 9.13. The Morgan fingerprint density at radius 2 is 1.67 bits per heavy atom. The van der Waals surface area contributed by atoms with Gasteiger partial charge in [0.05, 0.1) is 35.9 Å². The summed E-state index contributed by atoms with van der Waals surface area (Å²) in [5.74, 6) is -0.745. The molecular formula is C41H47F3N4O4. The van der Waals surface area contributed by atoms with E-state index < -0.39 is 29.8 Å². The highest BCUT2D eigenvalue weighted by atomic mass is 19.4. The van der Waals surface area contributed by atoms with Gasteiger partial charge in [-0.05, 0) is 92.5 Å². The van der Waals surface area contributed by atoms with Crippen LogP contribution in [0.25, 0.3) is 0 Å². The van der Waals surface area contributed by atoms with E-state index in [1.165, 1.54) is 23.3 Å². The zero-order valence-corrected chi connectivity index (χ0v) is 30.5. The third-order valence-electron chi connectivity index (χ3n) is 9.60. The van der Waals surface area contributed by atoms with E-state index in [1.807, 2.05) is 14.0 Å². The average molecular weight is 717 g/mol. The van der Waals surface area contributed by atoms with Crippen molar-refractivity contribution in [3.8, 4) is 5.75 Å². The molecule has 0 fully saturated rings. The van der Waals surface area contributed by atoms with Gasteiger partial charge < -0.3 is 25.0 Å². The quantitative estimate of drug-likeness (QED) is 0.166. The molecule has 4 aromatic carbocycles. The minimum Gasteiger partial charge on any atom is -0.486 e. The van der Waals surface area contributed by atoms with E-state index >= 15 is 0 Å². The summed E-state index contributed by atoms with van der Waals surface area (Å²) < 4.78 is 45.8. The van der Waals surface area contributed by atoms with E-state index in [1.54, 1.807) is 30.0 Å². The smallest absolute Gasteiger partial charge is 0.416 e. The normalized spacial score (nSPS) is 16.8. The van der Waals surface area contributed by atoms with Crippen LogP contribution in [0.2, 0.25) is 0 Å². The molecule has 0 spiro atoms. The number of rotatable bonds is 11. The first kappa shape index (κ1) is 38.4. The molecule has 52 heavy (non-hydrogen) atoms. The molecule has 0 bridgehead atoms. The molecule has 1 heterocycles. The SMILES string of the molecule is Cc1ccc(C)c(N(C)c2ccc(CN(C)C[C@H]3Oc4c(NC(=O)Cc5ccc(C(F)(F)F)cc5)cccc4C(=O)N([C@@H](C)CO)C[C@H]3C)cc2)c1. The Balaban J connectivity index is 1.34. The summed E-state index contributed by atoms with van der Waals surface area (Å²) in [7, 11) is 4.06. The number of alkyl halides is 3. The highest BCUT2D eigenvalue weighted by Gasteiger charge is 2.35. The van der Waals surface area contributed by atoms with E-state index in [0.29, 0.717) is 25.2 Å². The maximum Gasteiger partial charge on any atom is 0.416 e. The number of ether oxygens (including phenoxy) is 1. The minimum atomic E-state index is -4.48. The van der Waals surface area contributed by atoms with E-state index in [4.69, 9.17) is 4.74 Å². The lowest BCUT2D eigenvalue weighted by Crippen LogP contribution is -2.49. The number of nitrogens with one attached hydrogen (secondary N) is 1. The summed E-state index contributed by atoms with van der Waals surface area (Å²) in [5.41, 5.74) is 5.87. The predicted molar refractivity (Wildman–Crippen MR) is 198 cm³/mol. The predicted octanol–water partition coefficient (Wildman–Crippen LogP) is 7.62. The van der Waals surface area contributed by atoms with Crippen LogP contribution in [0.3, 0.4) is 0 Å². The number of benzene rings is 4. The summed E-state index contributed by atoms with van der Waals surface area (Å²) >= 11 is 0. The molecule has 3 atom stereocenters. The maximum atomic E-state index is 13.9. The molecule has 5 rings (SSSR count). The van der Waals surface area contributed by atoms with E-state index in [9.17, 15) is 27.9 Å². The molecule has 0 aliphatic carbocycles. The Kier molecular flexibility index (Phi) is 12.0. The van der Waals surface area contributed by atoms with Crippen LogP contribution in [-0.4, -0.2) is 72.7 Å². The van der Waals surface area contributed by atoms with Crippen molar-refractivity contribution in [1.82, 2.24) is 9.80 Å². The molecule has 0 saturated heterocycles. The Morgan fingerprint density at radius 1 is 1.00 bits per heavy atom. The number of para-hydroxylation sites is 1. The molecular weight excluding hydrogens is 669 g/mol. The summed E-state index contributed by atoms with van der Waals surface area (Å²) in [6, 6.07) is 23.7. The topological polar surface area (TPSA) is 85.4 Å². The van der Waals surface area contributed by atoms with Crippen LogP contribution in [0.15, 0.2) is 84.9 Å². The zero-order chi connectivity index (χ0) is 37.7. The van der Waals surface area contributed by atoms with Crippen molar-refractivity contribution in [2.45, 2.75) is 59.0 Å². The molecule has 0 radical (unpaired) electrons. The van der Waals surface area contributed by atoms with E-state index in [2.05, 4.69) is 78.5 Å². The van der Waals surface area contributed by atoms with Crippen molar-refractivity contribution < 1.29 is 32.6 Å². The number of fused-ring (bicyclic) bond motifs is 1. The lowest BCUT2D eigenvalue weighted by molar-refractivity contribution is -0.137. The van der Waals surface area contributed by atoms with Crippen LogP contribution in [-0.2, 0) is 23.9 Å². The van der Waals surface area contributed by atoms with Crippen molar-refractivity contribution in [1.29, 1.82) is 0 Å². The first-order chi connectivity index (χ1) is 24.6. The fourth-order valence-corrected chi connectivity index (χ4v) is 6.48. The largest absolute Gasteiger partial charge is 0.486 e. The number of carbonyl (C=O) groups is 2. The number of likely N-dealkylation sites (N-methyl/N-ethyl adjacent to an activating group) is 1. The van der Waals surface area contributed by atoms with Crippen molar-refractivity contribution >= 4 is 28.9 Å². The van der Waals surface area contributed by atoms with E-state index in [-0.39, 0.29) is 41.9 Å². The molecule has 1 aliphatic rings. The van der Waals surface area contributed by atoms with Crippen molar-refractivity contribution in [2.75, 3.05) is 44.0 Å². The first-order valence-corrected chi connectivity index (χ1v) is 17.4. The highest BCUT2D eigenvalue weighted by molar-refractivity contribution is 6.02. The number of anilines is 3. The molecule has 11 heteroatoms. The second kappa shape index (κ2) is 16.2. The van der Waals surface area contributed by atoms with Crippen LogP contribution in [0.5, 0.6) is 5.75 Å². The lowest BCUT2D eigenvalue weighted by Gasteiger charge is -2.38. The van der Waals surface area contributed by atoms with Crippen LogP contribution >= 0.6 is 0 Å². The number of nitrogens with zero attached hydrogens (tertiary/aromatic N) is 3. The van der Waals surface area contributed by atoms with Crippen LogP contribution < -0.4 is 15.0 Å². The standard InChI is InChI=1S/C41H47F3N4O4/c1-26-10-11-27(2)36(20-26)47(6)33-18-14-31(15-19-33)23-46(5)24-37-28(3)22-48(29(4)25-49)40(51)34-8-7-9-35(39(34)52-37)45-38(50)21-30-12-16-32(17-13-30)41(42,43)44/h7-20,28-29,37,49H,21-25H2,1-6H3,(H,45,50)/t28-,29+,37-/m1/s1. The number of amides is 2. The molecule has 0 aromatic heterocycles. The second-order valence-electron chi connectivity index (χ2n) is 13.9. The summed E-state index contributed by atoms with van der Waals surface area (Å²) in [6.45, 7) is 9.22. The first-order valence-electron chi connectivity index (χ1n) is 17.4. The Morgan fingerprint density at radius 3 is 2.33 bits per heavy atom. The number of hydrogen-bond donors (Lipinski definition) is 2. The van der Waals surface area contributed by atoms with Gasteiger partial charge in [0.25, 0.3) is 5.91 Å². The summed E-state index contributed by atoms with van der Waals surface area (Å²) in [4.78, 5) is 33.0. The molecule has 0 saturated carbocycles. The number of aryl methyl sites for hydroxylation is 2. The van der Waals surface area contributed by atoms with Gasteiger partial charge in [-0.1, -0.05) is 49.4 Å². The van der Waals surface area contributed by atoms with Crippen molar-refractivity contribution in [3.63, 3.8) is 0 Å². The van der Waals surface area contributed by atoms with Gasteiger partial charge in [-0.15, -0.1) is 0 Å². The molecule has 276 valence electrons. The van der Waals surface area contributed by atoms with Gasteiger partial charge in [0.1, 0.15) is 6.10 Å². The molecule has 0 unspecified atom stereocenters. The third-order valence-corrected chi connectivity index (χ3v) is 9.60. The number of aliphatic hydroxyl groups is 1. The average Bonchev–Trinajstić information content (AvgIpc) is 3.10. The lowest BCUT2D eigenvalue weighted by atomic mass is 9.98. The van der Waals surface area contributed by atoms with Gasteiger partial charge in [-0.2, -0.15) is 13.2 Å². The van der Waals surface area contributed by atoms with Crippen LogP contribution in [0.4, 0.5) is 30.2 Å².